The molecule has 10 nitrogen and oxygen atoms in total. The standard InChI is InChI=1S/C18H23ClN6O4S/c1-5-28-17(29-6-2)14-9-12-10-22-18(19)23-15(12)25(14)11-13-16(21-8-7-20-13)24(3)30(4,26)27/h7-10,17H,5-6,11H2,1-4H3. The minimum absolute atomic E-state index is 0.0883. The minimum Gasteiger partial charge on any atom is -0.347 e. The molecule has 162 valence electrons. The van der Waals surface area contributed by atoms with Gasteiger partial charge in [-0.25, -0.2) is 18.4 Å². The summed E-state index contributed by atoms with van der Waals surface area (Å²) in [5, 5.41) is 0.825. The Labute approximate surface area is 179 Å². The third-order valence-electron chi connectivity index (χ3n) is 4.37. The lowest BCUT2D eigenvalue weighted by Crippen LogP contribution is -2.28. The molecule has 12 heteroatoms. The average Bonchev–Trinajstić information content (AvgIpc) is 3.04. The zero-order valence-corrected chi connectivity index (χ0v) is 18.7. The molecule has 30 heavy (non-hydrogen) atoms. The number of halogens is 1. The van der Waals surface area contributed by atoms with Crippen molar-refractivity contribution in [2.45, 2.75) is 26.7 Å². The van der Waals surface area contributed by atoms with Crippen molar-refractivity contribution in [1.29, 1.82) is 0 Å². The predicted molar refractivity (Wildman–Crippen MR) is 113 cm³/mol. The Bertz CT molecular complexity index is 1130. The fourth-order valence-corrected chi connectivity index (χ4v) is 3.56. The Morgan fingerprint density at radius 2 is 1.83 bits per heavy atom. The fraction of sp³-hybridized carbons (Fsp3) is 0.444. The first-order valence-electron chi connectivity index (χ1n) is 9.24. The van der Waals surface area contributed by atoms with Gasteiger partial charge in [0.15, 0.2) is 12.1 Å². The molecule has 0 aliphatic carbocycles. The van der Waals surface area contributed by atoms with Gasteiger partial charge in [-0.15, -0.1) is 0 Å². The number of nitrogens with zero attached hydrogens (tertiary/aromatic N) is 6. The van der Waals surface area contributed by atoms with Crippen LogP contribution < -0.4 is 4.31 Å². The number of rotatable bonds is 9. The molecule has 0 saturated carbocycles. The second-order valence-electron chi connectivity index (χ2n) is 6.37. The smallest absolute Gasteiger partial charge is 0.233 e. The normalized spacial score (nSPS) is 12.1. The summed E-state index contributed by atoms with van der Waals surface area (Å²) in [6, 6.07) is 1.86. The molecule has 0 atom stereocenters. The summed E-state index contributed by atoms with van der Waals surface area (Å²) in [4.78, 5) is 17.0. The van der Waals surface area contributed by atoms with Gasteiger partial charge in [0.2, 0.25) is 15.3 Å². The summed E-state index contributed by atoms with van der Waals surface area (Å²) in [6.45, 7) is 4.79. The Morgan fingerprint density at radius 1 is 1.17 bits per heavy atom. The lowest BCUT2D eigenvalue weighted by molar-refractivity contribution is -0.144. The highest BCUT2D eigenvalue weighted by Gasteiger charge is 2.24. The van der Waals surface area contributed by atoms with Crippen LogP contribution in [0.2, 0.25) is 5.28 Å². The molecule has 0 aromatic carbocycles. The van der Waals surface area contributed by atoms with Crippen molar-refractivity contribution >= 4 is 38.5 Å². The lowest BCUT2D eigenvalue weighted by atomic mass is 10.3. The van der Waals surface area contributed by atoms with E-state index in [4.69, 9.17) is 21.1 Å². The minimum atomic E-state index is -3.52. The third-order valence-corrected chi connectivity index (χ3v) is 5.72. The van der Waals surface area contributed by atoms with Crippen LogP contribution in [0.5, 0.6) is 0 Å². The first kappa shape index (κ1) is 22.3. The van der Waals surface area contributed by atoms with Crippen molar-refractivity contribution in [3.8, 4) is 0 Å². The number of aromatic nitrogens is 5. The molecule has 3 aromatic heterocycles. The van der Waals surface area contributed by atoms with Crippen molar-refractivity contribution in [2.75, 3.05) is 30.8 Å². The van der Waals surface area contributed by atoms with Gasteiger partial charge in [-0.2, -0.15) is 4.98 Å². The zero-order chi connectivity index (χ0) is 21.9. The largest absolute Gasteiger partial charge is 0.347 e. The molecule has 0 amide bonds. The maximum absolute atomic E-state index is 12.1. The van der Waals surface area contributed by atoms with Crippen LogP contribution in [0, 0.1) is 0 Å². The number of sulfonamides is 1. The highest BCUT2D eigenvalue weighted by Crippen LogP contribution is 2.29. The monoisotopic (exact) mass is 454 g/mol. The van der Waals surface area contributed by atoms with Gasteiger partial charge in [0.25, 0.3) is 0 Å². The molecular formula is C18H23ClN6O4S. The number of fused-ring (bicyclic) bond motifs is 1. The molecule has 0 bridgehead atoms. The second kappa shape index (κ2) is 9.21. The van der Waals surface area contributed by atoms with E-state index in [1.807, 2.05) is 24.5 Å². The Kier molecular flexibility index (Phi) is 6.86. The Morgan fingerprint density at radius 3 is 2.47 bits per heavy atom. The van der Waals surface area contributed by atoms with Crippen molar-refractivity contribution in [3.63, 3.8) is 0 Å². The zero-order valence-electron chi connectivity index (χ0n) is 17.1. The second-order valence-corrected chi connectivity index (χ2v) is 8.72. The number of hydrogen-bond acceptors (Lipinski definition) is 8. The quantitative estimate of drug-likeness (QED) is 0.358. The molecule has 3 rings (SSSR count). The van der Waals surface area contributed by atoms with E-state index in [1.165, 1.54) is 19.4 Å². The van der Waals surface area contributed by atoms with Crippen LogP contribution in [0.1, 0.15) is 31.5 Å². The molecule has 0 radical (unpaired) electrons. The SMILES string of the molecule is CCOC(OCC)c1cc2cnc(Cl)nc2n1Cc1nccnc1N(C)S(C)(=O)=O. The summed E-state index contributed by atoms with van der Waals surface area (Å²) in [6.07, 6.45) is 5.01. The van der Waals surface area contributed by atoms with Gasteiger partial charge in [0.05, 0.1) is 18.5 Å². The average molecular weight is 455 g/mol. The summed E-state index contributed by atoms with van der Waals surface area (Å²) in [5.74, 6) is 0.220. The molecule has 0 saturated heterocycles. The van der Waals surface area contributed by atoms with Crippen LogP contribution in [0.15, 0.2) is 24.7 Å². The van der Waals surface area contributed by atoms with Crippen LogP contribution in [0.4, 0.5) is 5.82 Å². The first-order valence-corrected chi connectivity index (χ1v) is 11.5. The van der Waals surface area contributed by atoms with Crippen LogP contribution in [-0.2, 0) is 26.0 Å². The van der Waals surface area contributed by atoms with Crippen LogP contribution in [0.25, 0.3) is 11.0 Å². The van der Waals surface area contributed by atoms with E-state index >= 15 is 0 Å². The van der Waals surface area contributed by atoms with E-state index in [0.717, 1.165) is 15.9 Å². The molecular weight excluding hydrogens is 432 g/mol. The predicted octanol–water partition coefficient (Wildman–Crippen LogP) is 2.39. The summed E-state index contributed by atoms with van der Waals surface area (Å²) >= 11 is 6.03. The first-order chi connectivity index (χ1) is 14.3. The van der Waals surface area contributed by atoms with E-state index in [1.54, 1.807) is 6.20 Å². The topological polar surface area (TPSA) is 112 Å². The maximum Gasteiger partial charge on any atom is 0.233 e. The molecule has 0 fully saturated rings. The molecule has 3 aromatic rings. The summed E-state index contributed by atoms with van der Waals surface area (Å²) in [5.41, 5.74) is 1.67. The van der Waals surface area contributed by atoms with Gasteiger partial charge in [-0.05, 0) is 31.5 Å². The van der Waals surface area contributed by atoms with Gasteiger partial charge < -0.3 is 14.0 Å². The van der Waals surface area contributed by atoms with Gasteiger partial charge in [0.1, 0.15) is 11.3 Å². The third kappa shape index (κ3) is 4.69. The van der Waals surface area contributed by atoms with E-state index < -0.39 is 16.3 Å². The molecule has 0 unspecified atom stereocenters. The van der Waals surface area contributed by atoms with Crippen LogP contribution in [0.3, 0.4) is 0 Å². The van der Waals surface area contributed by atoms with E-state index in [2.05, 4.69) is 19.9 Å². The van der Waals surface area contributed by atoms with E-state index in [-0.39, 0.29) is 17.6 Å². The van der Waals surface area contributed by atoms with Gasteiger partial charge in [-0.3, -0.25) is 9.29 Å². The number of anilines is 1. The Hall–Kier alpha value is -2.34. The van der Waals surface area contributed by atoms with Crippen molar-refractivity contribution in [1.82, 2.24) is 24.5 Å². The fourth-order valence-electron chi connectivity index (χ4n) is 2.96. The number of ether oxygens (including phenoxy) is 2. The molecule has 0 N–H and O–H groups in total. The van der Waals surface area contributed by atoms with Crippen molar-refractivity contribution < 1.29 is 17.9 Å². The van der Waals surface area contributed by atoms with Gasteiger partial charge in [-0.1, -0.05) is 0 Å². The number of hydrogen-bond donors (Lipinski definition) is 0. The van der Waals surface area contributed by atoms with Crippen LogP contribution in [-0.4, -0.2) is 59.4 Å². The lowest BCUT2D eigenvalue weighted by Gasteiger charge is -2.21. The van der Waals surface area contributed by atoms with Gasteiger partial charge in [0, 0.05) is 44.2 Å². The van der Waals surface area contributed by atoms with E-state index in [9.17, 15) is 8.42 Å². The Balaban J connectivity index is 2.16. The molecule has 0 aliphatic rings. The highest BCUT2D eigenvalue weighted by molar-refractivity contribution is 7.92. The van der Waals surface area contributed by atoms with Crippen molar-refractivity contribution in [3.05, 3.63) is 41.3 Å². The van der Waals surface area contributed by atoms with Crippen LogP contribution >= 0.6 is 11.6 Å². The highest BCUT2D eigenvalue weighted by atomic mass is 35.5. The van der Waals surface area contributed by atoms with E-state index in [0.29, 0.717) is 30.2 Å². The summed E-state index contributed by atoms with van der Waals surface area (Å²) in [7, 11) is -2.09. The molecule has 0 spiro atoms. The van der Waals surface area contributed by atoms with Gasteiger partial charge >= 0.3 is 0 Å². The molecule has 3 heterocycles. The maximum atomic E-state index is 12.1. The van der Waals surface area contributed by atoms with Crippen molar-refractivity contribution in [2.24, 2.45) is 0 Å². The molecule has 0 aliphatic heterocycles. The summed E-state index contributed by atoms with van der Waals surface area (Å²) < 4.78 is 38.6.